The Morgan fingerprint density at radius 3 is 2.57 bits per heavy atom. The van der Waals surface area contributed by atoms with Crippen molar-refractivity contribution >= 4 is 28.2 Å². The first kappa shape index (κ1) is 13.7. The maximum absolute atomic E-state index is 6.40. The number of nitrogens with zero attached hydrogens (tertiary/aromatic N) is 1. The molecular formula is C17H15ClN2O. The maximum Gasteiger partial charge on any atom is 0.132 e. The van der Waals surface area contributed by atoms with Gasteiger partial charge in [0.1, 0.15) is 12.4 Å². The summed E-state index contributed by atoms with van der Waals surface area (Å²) in [6.07, 6.45) is 0. The number of aromatic nitrogens is 1. The number of halogens is 1. The zero-order chi connectivity index (χ0) is 14.8. The highest BCUT2D eigenvalue weighted by atomic mass is 35.5. The predicted octanol–water partition coefficient (Wildman–Crippen LogP) is 4.36. The lowest BCUT2D eigenvalue weighted by atomic mass is 10.1. The summed E-state index contributed by atoms with van der Waals surface area (Å²) in [6.45, 7) is 2.33. The number of fused-ring (bicyclic) bond motifs is 1. The summed E-state index contributed by atoms with van der Waals surface area (Å²) in [5.74, 6) is 0.743. The van der Waals surface area contributed by atoms with E-state index in [-0.39, 0.29) is 0 Å². The molecule has 0 radical (unpaired) electrons. The number of hydrogen-bond donors (Lipinski definition) is 1. The zero-order valence-corrected chi connectivity index (χ0v) is 12.4. The number of hydrogen-bond acceptors (Lipinski definition) is 3. The minimum absolute atomic E-state index is 0.328. The number of ether oxygens (including phenoxy) is 1. The molecule has 0 atom stereocenters. The molecule has 21 heavy (non-hydrogen) atoms. The van der Waals surface area contributed by atoms with Crippen molar-refractivity contribution in [3.05, 3.63) is 64.8 Å². The summed E-state index contributed by atoms with van der Waals surface area (Å²) in [6, 6.07) is 15.2. The van der Waals surface area contributed by atoms with E-state index in [0.29, 0.717) is 17.3 Å². The van der Waals surface area contributed by atoms with Gasteiger partial charge in [0.15, 0.2) is 0 Å². The van der Waals surface area contributed by atoms with Crippen LogP contribution in [0.3, 0.4) is 0 Å². The molecule has 3 nitrogen and oxygen atoms in total. The molecule has 0 saturated carbocycles. The van der Waals surface area contributed by atoms with E-state index in [0.717, 1.165) is 27.9 Å². The van der Waals surface area contributed by atoms with Gasteiger partial charge in [0.25, 0.3) is 0 Å². The van der Waals surface area contributed by atoms with Crippen LogP contribution >= 0.6 is 11.6 Å². The first-order valence-corrected chi connectivity index (χ1v) is 7.05. The average molecular weight is 299 g/mol. The number of aryl methyl sites for hydroxylation is 1. The SMILES string of the molecule is Cc1c(Cl)c(COc2ccc(N)cc2)nc2ccccc12. The second-order valence-electron chi connectivity index (χ2n) is 4.87. The molecule has 0 unspecified atom stereocenters. The summed E-state index contributed by atoms with van der Waals surface area (Å²) in [7, 11) is 0. The Labute approximate surface area is 128 Å². The maximum atomic E-state index is 6.40. The van der Waals surface area contributed by atoms with Crippen molar-refractivity contribution in [3.8, 4) is 5.75 Å². The van der Waals surface area contributed by atoms with Crippen LogP contribution in [-0.2, 0) is 6.61 Å². The second-order valence-corrected chi connectivity index (χ2v) is 5.25. The number of rotatable bonds is 3. The van der Waals surface area contributed by atoms with Gasteiger partial charge in [-0.15, -0.1) is 0 Å². The lowest BCUT2D eigenvalue weighted by molar-refractivity contribution is 0.302. The van der Waals surface area contributed by atoms with Gasteiger partial charge in [0, 0.05) is 11.1 Å². The molecule has 0 spiro atoms. The average Bonchev–Trinajstić information content (AvgIpc) is 2.51. The van der Waals surface area contributed by atoms with E-state index in [1.54, 1.807) is 12.1 Å². The molecule has 0 aliphatic rings. The van der Waals surface area contributed by atoms with Gasteiger partial charge in [-0.3, -0.25) is 0 Å². The number of benzene rings is 2. The molecule has 0 fully saturated rings. The molecule has 1 aromatic heterocycles. The highest BCUT2D eigenvalue weighted by Gasteiger charge is 2.10. The molecule has 4 heteroatoms. The van der Waals surface area contributed by atoms with Crippen LogP contribution in [0.4, 0.5) is 5.69 Å². The van der Waals surface area contributed by atoms with Crippen molar-refractivity contribution in [2.45, 2.75) is 13.5 Å². The normalized spacial score (nSPS) is 10.8. The van der Waals surface area contributed by atoms with Crippen LogP contribution in [0.1, 0.15) is 11.3 Å². The van der Waals surface area contributed by atoms with E-state index in [9.17, 15) is 0 Å². The predicted molar refractivity (Wildman–Crippen MR) is 86.7 cm³/mol. The van der Waals surface area contributed by atoms with Crippen LogP contribution in [0.2, 0.25) is 5.02 Å². The van der Waals surface area contributed by atoms with Gasteiger partial charge < -0.3 is 10.5 Å². The summed E-state index contributed by atoms with van der Waals surface area (Å²) in [5.41, 5.74) is 9.05. The fraction of sp³-hybridized carbons (Fsp3) is 0.118. The summed E-state index contributed by atoms with van der Waals surface area (Å²) < 4.78 is 5.73. The molecule has 2 N–H and O–H groups in total. The highest BCUT2D eigenvalue weighted by Crippen LogP contribution is 2.27. The van der Waals surface area contributed by atoms with Crippen LogP contribution in [0.5, 0.6) is 5.75 Å². The van der Waals surface area contributed by atoms with Gasteiger partial charge >= 0.3 is 0 Å². The Morgan fingerprint density at radius 2 is 1.81 bits per heavy atom. The molecular weight excluding hydrogens is 284 g/mol. The van der Waals surface area contributed by atoms with Crippen LogP contribution in [0.25, 0.3) is 10.9 Å². The number of anilines is 1. The molecule has 0 saturated heterocycles. The Hall–Kier alpha value is -2.26. The van der Waals surface area contributed by atoms with Crippen molar-refractivity contribution in [2.24, 2.45) is 0 Å². The fourth-order valence-electron chi connectivity index (χ4n) is 2.23. The first-order valence-electron chi connectivity index (χ1n) is 6.67. The van der Waals surface area contributed by atoms with E-state index < -0.39 is 0 Å². The third kappa shape index (κ3) is 2.78. The summed E-state index contributed by atoms with van der Waals surface area (Å²) in [4.78, 5) is 4.59. The van der Waals surface area contributed by atoms with Crippen molar-refractivity contribution in [2.75, 3.05) is 5.73 Å². The number of pyridine rings is 1. The molecule has 0 amide bonds. The third-order valence-corrected chi connectivity index (χ3v) is 3.90. The molecule has 3 aromatic rings. The lowest BCUT2D eigenvalue weighted by Gasteiger charge is -2.11. The van der Waals surface area contributed by atoms with E-state index in [1.165, 1.54) is 0 Å². The summed E-state index contributed by atoms with van der Waals surface area (Å²) in [5, 5.41) is 1.72. The van der Waals surface area contributed by atoms with Crippen LogP contribution < -0.4 is 10.5 Å². The zero-order valence-electron chi connectivity index (χ0n) is 11.6. The standard InChI is InChI=1S/C17H15ClN2O/c1-11-14-4-2-3-5-15(14)20-16(17(11)18)10-21-13-8-6-12(19)7-9-13/h2-9H,10,19H2,1H3. The van der Waals surface area contributed by atoms with Gasteiger partial charge in [-0.2, -0.15) is 0 Å². The largest absolute Gasteiger partial charge is 0.487 e. The molecule has 1 heterocycles. The number of para-hydroxylation sites is 1. The number of nitrogen functional groups attached to an aromatic ring is 1. The minimum atomic E-state index is 0.328. The fourth-order valence-corrected chi connectivity index (χ4v) is 2.43. The van der Waals surface area contributed by atoms with Crippen molar-refractivity contribution in [1.82, 2.24) is 4.98 Å². The van der Waals surface area contributed by atoms with Crippen LogP contribution in [0.15, 0.2) is 48.5 Å². The van der Waals surface area contributed by atoms with Gasteiger partial charge in [0.05, 0.1) is 16.2 Å². The van der Waals surface area contributed by atoms with E-state index in [4.69, 9.17) is 22.1 Å². The van der Waals surface area contributed by atoms with E-state index in [1.807, 2.05) is 43.3 Å². The Balaban J connectivity index is 1.90. The lowest BCUT2D eigenvalue weighted by Crippen LogP contribution is -2.01. The monoisotopic (exact) mass is 298 g/mol. The van der Waals surface area contributed by atoms with Crippen LogP contribution in [0, 0.1) is 6.92 Å². The smallest absolute Gasteiger partial charge is 0.132 e. The first-order chi connectivity index (χ1) is 10.1. The van der Waals surface area contributed by atoms with Gasteiger partial charge in [-0.05, 0) is 42.8 Å². The Kier molecular flexibility index (Phi) is 3.67. The molecule has 0 bridgehead atoms. The Morgan fingerprint density at radius 1 is 1.10 bits per heavy atom. The van der Waals surface area contributed by atoms with Gasteiger partial charge in [-0.1, -0.05) is 29.8 Å². The van der Waals surface area contributed by atoms with E-state index in [2.05, 4.69) is 4.98 Å². The third-order valence-electron chi connectivity index (χ3n) is 3.40. The molecule has 0 aliphatic heterocycles. The molecule has 0 aliphatic carbocycles. The number of nitrogens with two attached hydrogens (primary N) is 1. The molecule has 106 valence electrons. The van der Waals surface area contributed by atoms with Gasteiger partial charge in [0.2, 0.25) is 0 Å². The summed E-state index contributed by atoms with van der Waals surface area (Å²) >= 11 is 6.40. The van der Waals surface area contributed by atoms with E-state index >= 15 is 0 Å². The minimum Gasteiger partial charge on any atom is -0.487 e. The van der Waals surface area contributed by atoms with Crippen molar-refractivity contribution in [1.29, 1.82) is 0 Å². The highest BCUT2D eigenvalue weighted by molar-refractivity contribution is 6.32. The second kappa shape index (κ2) is 5.62. The van der Waals surface area contributed by atoms with Crippen molar-refractivity contribution in [3.63, 3.8) is 0 Å². The molecule has 2 aromatic carbocycles. The Bertz CT molecular complexity index is 785. The van der Waals surface area contributed by atoms with Crippen molar-refractivity contribution < 1.29 is 4.74 Å². The van der Waals surface area contributed by atoms with Crippen LogP contribution in [-0.4, -0.2) is 4.98 Å². The van der Waals surface area contributed by atoms with Gasteiger partial charge in [-0.25, -0.2) is 4.98 Å². The quantitative estimate of drug-likeness (QED) is 0.731. The molecule has 3 rings (SSSR count). The topological polar surface area (TPSA) is 48.1 Å².